The van der Waals surface area contributed by atoms with E-state index in [1.54, 1.807) is 0 Å². The number of rotatable bonds is 4. The van der Waals surface area contributed by atoms with E-state index in [1.807, 2.05) is 24.3 Å². The molecule has 4 aromatic rings. The van der Waals surface area contributed by atoms with Crippen LogP contribution in [-0.4, -0.2) is 47.1 Å². The second kappa shape index (κ2) is 7.56. The molecule has 0 N–H and O–H groups in total. The van der Waals surface area contributed by atoms with Crippen molar-refractivity contribution in [2.24, 2.45) is 0 Å². The van der Waals surface area contributed by atoms with Gasteiger partial charge in [-0.05, 0) is 0 Å². The number of hydrogen-bond acceptors (Lipinski definition) is 5. The molecule has 0 radical (unpaired) electrons. The summed E-state index contributed by atoms with van der Waals surface area (Å²) in [6.45, 7) is 0. The van der Waals surface area contributed by atoms with E-state index in [9.17, 15) is 0 Å². The third-order valence-corrected chi connectivity index (χ3v) is 26.0. The number of halogens is 2. The van der Waals surface area contributed by atoms with Crippen molar-refractivity contribution in [3.8, 4) is 20.9 Å². The Bertz CT molecular complexity index is 1120. The molecular formula is C20H22F2N2OS2Sn2. The molecule has 0 unspecified atom stereocenters. The molecule has 4 rings (SSSR count). The van der Waals surface area contributed by atoms with Crippen LogP contribution in [0.25, 0.3) is 32.0 Å². The van der Waals surface area contributed by atoms with Crippen molar-refractivity contribution in [2.45, 2.75) is 29.6 Å². The molecule has 0 amide bonds. The van der Waals surface area contributed by atoms with Crippen LogP contribution in [0.5, 0.6) is 0 Å². The summed E-state index contributed by atoms with van der Waals surface area (Å²) < 4.78 is 38.6. The molecule has 0 bridgehead atoms. The van der Waals surface area contributed by atoms with Crippen molar-refractivity contribution in [1.82, 2.24) is 10.4 Å². The van der Waals surface area contributed by atoms with Crippen LogP contribution in [-0.2, 0) is 0 Å². The minimum absolute atomic E-state index is 0.129. The molecule has 0 aliphatic rings. The molecule has 9 heteroatoms. The van der Waals surface area contributed by atoms with Gasteiger partial charge in [-0.2, -0.15) is 0 Å². The fraction of sp³-hybridized carbons (Fsp3) is 0.300. The Balaban J connectivity index is 1.94. The van der Waals surface area contributed by atoms with Crippen LogP contribution in [0.15, 0.2) is 28.8 Å². The Morgan fingerprint density at radius 2 is 1.24 bits per heavy atom. The van der Waals surface area contributed by atoms with Gasteiger partial charge in [0.2, 0.25) is 0 Å². The first-order valence-corrected chi connectivity index (χ1v) is 30.9. The SMILES string of the molecule is [CH3][Sn]([CH3])([CH3])[c]1ccc(-c2c(F)c(F)c(-c3cc[c]([Sn]([CH3])([CH3])[CH3])s3)c3onnc23)s1. The second-order valence-corrected chi connectivity index (χ2v) is 42.2. The molecule has 0 saturated heterocycles. The average Bonchev–Trinajstić information content (AvgIpc) is 3.34. The van der Waals surface area contributed by atoms with Gasteiger partial charge in [-0.1, -0.05) is 0 Å². The van der Waals surface area contributed by atoms with Gasteiger partial charge in [0.25, 0.3) is 0 Å². The summed E-state index contributed by atoms with van der Waals surface area (Å²) in [5.74, 6) is -1.77. The van der Waals surface area contributed by atoms with Crippen molar-refractivity contribution < 1.29 is 13.3 Å². The van der Waals surface area contributed by atoms with E-state index in [4.69, 9.17) is 4.52 Å². The fourth-order valence-electron chi connectivity index (χ4n) is 3.14. The van der Waals surface area contributed by atoms with Crippen LogP contribution < -0.4 is 5.79 Å². The molecule has 0 atom stereocenters. The Kier molecular flexibility index (Phi) is 5.66. The molecule has 0 aliphatic carbocycles. The van der Waals surface area contributed by atoms with Crippen LogP contribution in [0.4, 0.5) is 8.78 Å². The summed E-state index contributed by atoms with van der Waals surface area (Å²) >= 11 is -1.57. The molecule has 29 heavy (non-hydrogen) atoms. The normalized spacial score (nSPS) is 12.8. The third kappa shape index (κ3) is 3.92. The molecule has 0 saturated carbocycles. The van der Waals surface area contributed by atoms with Gasteiger partial charge in [-0.15, -0.1) is 0 Å². The molecule has 152 valence electrons. The maximum absolute atomic E-state index is 15.3. The standard InChI is InChI=1S/C14H4F2N2OS2.6CH3.2Sn/c15-11-9(7-3-1-5-20-7)13-14(19-18-17-13)10(12(11)16)8-4-2-6-21-8;;;;;;;;/h1-4H;6*1H3;;. The average molecular weight is 646 g/mol. The van der Waals surface area contributed by atoms with Crippen molar-refractivity contribution >= 4 is 76.3 Å². The summed E-state index contributed by atoms with van der Waals surface area (Å²) in [5, 5.41) is 7.67. The van der Waals surface area contributed by atoms with Gasteiger partial charge in [-0.25, -0.2) is 0 Å². The molecule has 3 nitrogen and oxygen atoms in total. The van der Waals surface area contributed by atoms with Gasteiger partial charge in [0.1, 0.15) is 0 Å². The Labute approximate surface area is 184 Å². The molecule has 1 aromatic carbocycles. The molecule has 0 spiro atoms. The number of nitrogens with zero attached hydrogens (tertiary/aromatic N) is 2. The summed E-state index contributed by atoms with van der Waals surface area (Å²) in [6.07, 6.45) is 0. The summed E-state index contributed by atoms with van der Waals surface area (Å²) in [5.41, 5.74) is 0.780. The Morgan fingerprint density at radius 3 is 1.72 bits per heavy atom. The molecular weight excluding hydrogens is 624 g/mol. The zero-order valence-corrected chi connectivity index (χ0v) is 24.5. The predicted molar refractivity (Wildman–Crippen MR) is 124 cm³/mol. The zero-order chi connectivity index (χ0) is 21.1. The number of thiophene rings is 2. The van der Waals surface area contributed by atoms with E-state index in [-0.39, 0.29) is 22.2 Å². The molecule has 0 aliphatic heterocycles. The van der Waals surface area contributed by atoms with Gasteiger partial charge in [0.15, 0.2) is 0 Å². The maximum atomic E-state index is 15.3. The first-order valence-electron chi connectivity index (χ1n) is 9.33. The fourth-order valence-corrected chi connectivity index (χ4v) is 15.8. The van der Waals surface area contributed by atoms with Gasteiger partial charge >= 0.3 is 186 Å². The Hall–Kier alpha value is -0.523. The van der Waals surface area contributed by atoms with Gasteiger partial charge < -0.3 is 0 Å². The van der Waals surface area contributed by atoms with E-state index in [0.717, 1.165) is 0 Å². The second-order valence-electron chi connectivity index (χ2n) is 9.16. The number of fused-ring (bicyclic) bond motifs is 1. The number of aromatic nitrogens is 2. The van der Waals surface area contributed by atoms with E-state index >= 15 is 8.78 Å². The molecule has 0 fully saturated rings. The van der Waals surface area contributed by atoms with E-state index in [1.165, 1.54) is 28.5 Å². The van der Waals surface area contributed by atoms with Gasteiger partial charge in [0.05, 0.1) is 0 Å². The van der Waals surface area contributed by atoms with Gasteiger partial charge in [-0.3, -0.25) is 0 Å². The van der Waals surface area contributed by atoms with Crippen molar-refractivity contribution in [3.05, 3.63) is 35.9 Å². The van der Waals surface area contributed by atoms with Crippen molar-refractivity contribution in [2.75, 3.05) is 0 Å². The summed E-state index contributed by atoms with van der Waals surface area (Å²) in [6, 6.07) is 7.81. The Morgan fingerprint density at radius 1 is 0.759 bits per heavy atom. The van der Waals surface area contributed by atoms with E-state index in [2.05, 4.69) is 40.0 Å². The predicted octanol–water partition coefficient (Wildman–Crippen LogP) is 6.05. The molecule has 3 aromatic heterocycles. The first-order chi connectivity index (χ1) is 13.5. The van der Waals surface area contributed by atoms with Crippen LogP contribution >= 0.6 is 22.7 Å². The number of benzene rings is 1. The van der Waals surface area contributed by atoms with Crippen LogP contribution in [0.2, 0.25) is 29.6 Å². The number of hydrogen-bond donors (Lipinski definition) is 0. The zero-order valence-electron chi connectivity index (χ0n) is 17.2. The van der Waals surface area contributed by atoms with Crippen molar-refractivity contribution in [3.63, 3.8) is 0 Å². The van der Waals surface area contributed by atoms with E-state index in [0.29, 0.717) is 9.75 Å². The van der Waals surface area contributed by atoms with Crippen LogP contribution in [0.1, 0.15) is 0 Å². The first kappa shape index (κ1) is 21.7. The van der Waals surface area contributed by atoms with Crippen LogP contribution in [0.3, 0.4) is 0 Å². The van der Waals surface area contributed by atoms with Gasteiger partial charge in [0, 0.05) is 0 Å². The topological polar surface area (TPSA) is 38.9 Å². The van der Waals surface area contributed by atoms with Crippen molar-refractivity contribution in [1.29, 1.82) is 0 Å². The minimum atomic E-state index is -2.32. The quantitative estimate of drug-likeness (QED) is 0.254. The third-order valence-electron chi connectivity index (χ3n) is 4.77. The summed E-state index contributed by atoms with van der Waals surface area (Å²) in [4.78, 5) is 15.1. The molecule has 3 heterocycles. The van der Waals surface area contributed by atoms with E-state index < -0.39 is 48.4 Å². The summed E-state index contributed by atoms with van der Waals surface area (Å²) in [7, 11) is 0. The monoisotopic (exact) mass is 648 g/mol. The van der Waals surface area contributed by atoms with Crippen LogP contribution in [0, 0.1) is 11.6 Å².